The second-order valence-corrected chi connectivity index (χ2v) is 6.45. The molecule has 8 heteroatoms. The van der Waals surface area contributed by atoms with E-state index in [1.165, 1.54) is 4.90 Å². The second kappa shape index (κ2) is 8.77. The van der Waals surface area contributed by atoms with Gasteiger partial charge in [-0.25, -0.2) is 0 Å². The molecule has 24 heavy (non-hydrogen) atoms. The highest BCUT2D eigenvalue weighted by Crippen LogP contribution is 2.13. The first-order chi connectivity index (χ1) is 11.5. The number of rotatable bonds is 7. The Morgan fingerprint density at radius 1 is 1.42 bits per heavy atom. The van der Waals surface area contributed by atoms with Crippen LogP contribution in [0.4, 0.5) is 0 Å². The van der Waals surface area contributed by atoms with Crippen molar-refractivity contribution >= 4 is 11.8 Å². The van der Waals surface area contributed by atoms with Crippen LogP contribution < -0.4 is 5.32 Å². The second-order valence-electron chi connectivity index (χ2n) is 6.45. The average molecular weight is 336 g/mol. The van der Waals surface area contributed by atoms with Crippen molar-refractivity contribution in [1.82, 2.24) is 29.9 Å². The summed E-state index contributed by atoms with van der Waals surface area (Å²) < 4.78 is 2.05. The van der Waals surface area contributed by atoms with Crippen LogP contribution in [-0.2, 0) is 22.7 Å². The number of carbonyl (C=O) groups excluding carboxylic acids is 2. The van der Waals surface area contributed by atoms with E-state index in [9.17, 15) is 9.59 Å². The lowest BCUT2D eigenvalue weighted by molar-refractivity contribution is -0.138. The molecule has 1 fully saturated rings. The Balaban J connectivity index is 1.85. The Morgan fingerprint density at radius 3 is 2.92 bits per heavy atom. The van der Waals surface area contributed by atoms with Crippen LogP contribution in [0.15, 0.2) is 6.33 Å². The number of aromatic nitrogens is 3. The van der Waals surface area contributed by atoms with Gasteiger partial charge >= 0.3 is 0 Å². The highest BCUT2D eigenvalue weighted by molar-refractivity contribution is 5.84. The van der Waals surface area contributed by atoms with Gasteiger partial charge in [0.15, 0.2) is 0 Å². The number of hydrogen-bond acceptors (Lipinski definition) is 5. The van der Waals surface area contributed by atoms with E-state index < -0.39 is 0 Å². The molecule has 0 aliphatic carbocycles. The summed E-state index contributed by atoms with van der Waals surface area (Å²) in [5, 5.41) is 11.6. The third kappa shape index (κ3) is 5.02. The topological polar surface area (TPSA) is 83.4 Å². The van der Waals surface area contributed by atoms with Crippen molar-refractivity contribution in [2.75, 3.05) is 27.2 Å². The first kappa shape index (κ1) is 18.4. The summed E-state index contributed by atoms with van der Waals surface area (Å²) in [7, 11) is 3.42. The number of amides is 2. The maximum atomic E-state index is 12.2. The van der Waals surface area contributed by atoms with Crippen molar-refractivity contribution in [3.63, 3.8) is 0 Å². The van der Waals surface area contributed by atoms with E-state index in [0.29, 0.717) is 19.5 Å². The van der Waals surface area contributed by atoms with Gasteiger partial charge in [0.05, 0.1) is 13.1 Å². The summed E-state index contributed by atoms with van der Waals surface area (Å²) in [6.45, 7) is 4.46. The summed E-state index contributed by atoms with van der Waals surface area (Å²) >= 11 is 0. The summed E-state index contributed by atoms with van der Waals surface area (Å²) in [6.07, 6.45) is 4.89. The summed E-state index contributed by atoms with van der Waals surface area (Å²) in [5.74, 6) is 0.943. The van der Waals surface area contributed by atoms with Crippen molar-refractivity contribution in [2.45, 2.75) is 51.7 Å². The largest absolute Gasteiger partial charge is 0.347 e. The molecule has 0 aromatic carbocycles. The zero-order chi connectivity index (χ0) is 17.5. The van der Waals surface area contributed by atoms with E-state index in [4.69, 9.17) is 0 Å². The maximum Gasteiger partial charge on any atom is 0.241 e. The van der Waals surface area contributed by atoms with E-state index in [2.05, 4.69) is 27.0 Å². The normalized spacial score (nSPS) is 18.5. The molecule has 0 saturated carbocycles. The third-order valence-electron chi connectivity index (χ3n) is 4.34. The van der Waals surface area contributed by atoms with E-state index >= 15 is 0 Å². The van der Waals surface area contributed by atoms with E-state index in [-0.39, 0.29) is 24.4 Å². The molecule has 0 spiro atoms. The van der Waals surface area contributed by atoms with Crippen LogP contribution in [0.2, 0.25) is 0 Å². The highest BCUT2D eigenvalue weighted by Gasteiger charge is 2.24. The molecule has 1 N–H and O–H groups in total. The SMILES string of the molecule is CCCn1cnnc1CNC1CCC(=O)N(CC(=O)N(C)C)CC1. The average Bonchev–Trinajstić information content (AvgIpc) is 2.92. The molecule has 0 bridgehead atoms. The monoisotopic (exact) mass is 336 g/mol. The van der Waals surface area contributed by atoms with Gasteiger partial charge in [-0.1, -0.05) is 6.92 Å². The van der Waals surface area contributed by atoms with Gasteiger partial charge in [-0.3, -0.25) is 9.59 Å². The zero-order valence-electron chi connectivity index (χ0n) is 14.9. The Kier molecular flexibility index (Phi) is 6.72. The Morgan fingerprint density at radius 2 is 2.21 bits per heavy atom. The maximum absolute atomic E-state index is 12.2. The van der Waals surface area contributed by atoms with Gasteiger partial charge in [0.1, 0.15) is 12.2 Å². The number of hydrogen-bond donors (Lipinski definition) is 1. The van der Waals surface area contributed by atoms with Gasteiger partial charge in [0.2, 0.25) is 11.8 Å². The molecule has 2 rings (SSSR count). The molecule has 1 aromatic heterocycles. The minimum atomic E-state index is -0.0394. The summed E-state index contributed by atoms with van der Waals surface area (Å²) in [4.78, 5) is 27.2. The number of likely N-dealkylation sites (N-methyl/N-ethyl adjacent to an activating group) is 1. The third-order valence-corrected chi connectivity index (χ3v) is 4.34. The predicted octanol–water partition coefficient (Wildman–Crippen LogP) is 0.247. The molecule has 8 nitrogen and oxygen atoms in total. The Hall–Kier alpha value is -1.96. The lowest BCUT2D eigenvalue weighted by atomic mass is 10.1. The van der Waals surface area contributed by atoms with Crippen molar-refractivity contribution in [1.29, 1.82) is 0 Å². The molecule has 1 aromatic rings. The fourth-order valence-electron chi connectivity index (χ4n) is 2.79. The first-order valence-corrected chi connectivity index (χ1v) is 8.59. The van der Waals surface area contributed by atoms with Gasteiger partial charge in [-0.15, -0.1) is 10.2 Å². The van der Waals surface area contributed by atoms with Gasteiger partial charge in [0.25, 0.3) is 0 Å². The van der Waals surface area contributed by atoms with E-state index in [1.54, 1.807) is 25.3 Å². The molecule has 2 heterocycles. The summed E-state index contributed by atoms with van der Waals surface area (Å²) in [6, 6.07) is 0.250. The Labute approximate surface area is 143 Å². The molecule has 2 amide bonds. The molecular formula is C16H28N6O2. The van der Waals surface area contributed by atoms with Crippen molar-refractivity contribution in [2.24, 2.45) is 0 Å². The Bertz CT molecular complexity index is 557. The number of aryl methyl sites for hydroxylation is 1. The van der Waals surface area contributed by atoms with Gasteiger partial charge < -0.3 is 19.7 Å². The fourth-order valence-corrected chi connectivity index (χ4v) is 2.79. The van der Waals surface area contributed by atoms with E-state index in [1.807, 2.05) is 0 Å². The number of nitrogens with one attached hydrogen (secondary N) is 1. The van der Waals surface area contributed by atoms with Crippen LogP contribution in [0, 0.1) is 0 Å². The molecule has 0 radical (unpaired) electrons. The lowest BCUT2D eigenvalue weighted by Gasteiger charge is -2.22. The van der Waals surface area contributed by atoms with Crippen LogP contribution in [0.3, 0.4) is 0 Å². The predicted molar refractivity (Wildman–Crippen MR) is 90.1 cm³/mol. The van der Waals surface area contributed by atoms with Crippen molar-refractivity contribution < 1.29 is 9.59 Å². The van der Waals surface area contributed by atoms with Crippen LogP contribution in [0.5, 0.6) is 0 Å². The van der Waals surface area contributed by atoms with Crippen molar-refractivity contribution in [3.05, 3.63) is 12.2 Å². The van der Waals surface area contributed by atoms with Gasteiger partial charge in [-0.2, -0.15) is 0 Å². The molecule has 1 aliphatic rings. The molecule has 134 valence electrons. The molecule has 1 saturated heterocycles. The van der Waals surface area contributed by atoms with Crippen LogP contribution >= 0.6 is 0 Å². The molecular weight excluding hydrogens is 308 g/mol. The highest BCUT2D eigenvalue weighted by atomic mass is 16.2. The first-order valence-electron chi connectivity index (χ1n) is 8.59. The van der Waals surface area contributed by atoms with Crippen LogP contribution in [0.25, 0.3) is 0 Å². The van der Waals surface area contributed by atoms with Gasteiger partial charge in [0, 0.05) is 39.6 Å². The minimum absolute atomic E-state index is 0.0394. The smallest absolute Gasteiger partial charge is 0.241 e. The minimum Gasteiger partial charge on any atom is -0.347 e. The number of carbonyl (C=O) groups is 2. The van der Waals surface area contributed by atoms with Gasteiger partial charge in [-0.05, 0) is 19.3 Å². The standard InChI is InChI=1S/C16H28N6O2/c1-4-8-22-12-18-19-14(22)10-17-13-5-6-15(23)21(9-7-13)11-16(24)20(2)3/h12-13,17H,4-11H2,1-3H3. The lowest BCUT2D eigenvalue weighted by Crippen LogP contribution is -2.40. The summed E-state index contributed by atoms with van der Waals surface area (Å²) in [5.41, 5.74) is 0. The van der Waals surface area contributed by atoms with Crippen LogP contribution in [-0.4, -0.2) is 69.6 Å². The molecule has 1 unspecified atom stereocenters. The zero-order valence-corrected chi connectivity index (χ0v) is 14.9. The quantitative estimate of drug-likeness (QED) is 0.771. The van der Waals surface area contributed by atoms with Crippen molar-refractivity contribution in [3.8, 4) is 0 Å². The molecule has 1 atom stereocenters. The number of nitrogens with zero attached hydrogens (tertiary/aromatic N) is 5. The van der Waals surface area contributed by atoms with Crippen LogP contribution in [0.1, 0.15) is 38.4 Å². The fraction of sp³-hybridized carbons (Fsp3) is 0.750. The number of likely N-dealkylation sites (tertiary alicyclic amines) is 1. The van der Waals surface area contributed by atoms with E-state index in [0.717, 1.165) is 31.6 Å². The molecule has 1 aliphatic heterocycles.